The highest BCUT2D eigenvalue weighted by Gasteiger charge is 2.42. The van der Waals surface area contributed by atoms with E-state index in [-0.39, 0.29) is 58.6 Å². The van der Waals surface area contributed by atoms with Crippen molar-refractivity contribution in [3.63, 3.8) is 0 Å². The zero-order valence-electron chi connectivity index (χ0n) is 27.1. The lowest BCUT2D eigenvalue weighted by Gasteiger charge is -2.42. The highest BCUT2D eigenvalue weighted by atomic mass is 35.5. The predicted octanol–water partition coefficient (Wildman–Crippen LogP) is 4.78. The molecule has 0 spiro atoms. The van der Waals surface area contributed by atoms with Crippen LogP contribution in [0.5, 0.6) is 0 Å². The second kappa shape index (κ2) is 14.5. The largest absolute Gasteiger partial charge is 0.481 e. The number of halogens is 2. The Balaban J connectivity index is 1.11. The van der Waals surface area contributed by atoms with Crippen LogP contribution in [0.15, 0.2) is 24.4 Å². The zero-order chi connectivity index (χ0) is 33.2. The lowest BCUT2D eigenvalue weighted by molar-refractivity contribution is -0.144. The van der Waals surface area contributed by atoms with Crippen molar-refractivity contribution in [2.45, 2.75) is 69.6 Å². The minimum absolute atomic E-state index is 0.0342. The number of carbonyl (C=O) groups excluding carboxylic acids is 2. The van der Waals surface area contributed by atoms with E-state index in [9.17, 15) is 19.5 Å². The Morgan fingerprint density at radius 2 is 1.87 bits per heavy atom. The van der Waals surface area contributed by atoms with Gasteiger partial charge in [0.15, 0.2) is 0 Å². The molecule has 0 radical (unpaired) electrons. The molecule has 2 saturated heterocycles. The van der Waals surface area contributed by atoms with Crippen molar-refractivity contribution in [3.8, 4) is 0 Å². The number of anilines is 1. The number of carboxylic acids is 1. The number of likely N-dealkylation sites (tertiary alicyclic amines) is 2. The molecule has 1 aromatic carbocycles. The molecule has 4 aliphatic rings. The highest BCUT2D eigenvalue weighted by Crippen LogP contribution is 2.33. The quantitative estimate of drug-likeness (QED) is 0.354. The Labute approximate surface area is 279 Å². The monoisotopic (exact) mass is 670 g/mol. The molecule has 3 fully saturated rings. The Morgan fingerprint density at radius 3 is 2.60 bits per heavy atom. The van der Waals surface area contributed by atoms with Crippen LogP contribution in [0.2, 0.25) is 5.02 Å². The number of amides is 2. The Bertz CT molecular complexity index is 1530. The van der Waals surface area contributed by atoms with Crippen molar-refractivity contribution >= 4 is 41.1 Å². The number of allylic oxidation sites excluding steroid dienone is 1. The maximum atomic E-state index is 15.5. The number of methoxy groups -OCH3 is 1. The summed E-state index contributed by atoms with van der Waals surface area (Å²) in [6.45, 7) is 3.41. The van der Waals surface area contributed by atoms with E-state index in [1.165, 1.54) is 12.1 Å². The summed E-state index contributed by atoms with van der Waals surface area (Å²) in [5.74, 6) is -1.80. The molecule has 10 nitrogen and oxygen atoms in total. The van der Waals surface area contributed by atoms with Crippen LogP contribution in [-0.2, 0) is 39.0 Å². The Hall–Kier alpha value is -3.25. The summed E-state index contributed by atoms with van der Waals surface area (Å²) in [6.07, 6.45) is 10.6. The number of aryl methyl sites for hydroxylation is 1. The summed E-state index contributed by atoms with van der Waals surface area (Å²) in [5.41, 5.74) is 2.74. The molecule has 12 heteroatoms. The Kier molecular flexibility index (Phi) is 10.4. The molecule has 2 aromatic rings. The number of benzene rings is 1. The topological polar surface area (TPSA) is 113 Å². The first-order chi connectivity index (χ1) is 22.6. The van der Waals surface area contributed by atoms with Gasteiger partial charge in [0, 0.05) is 63.2 Å². The molecule has 1 saturated carbocycles. The lowest BCUT2D eigenvalue weighted by Crippen LogP contribution is -2.54. The molecule has 2 amide bonds. The zero-order valence-corrected chi connectivity index (χ0v) is 27.8. The lowest BCUT2D eigenvalue weighted by atomic mass is 9.87. The summed E-state index contributed by atoms with van der Waals surface area (Å²) in [4.78, 5) is 42.5. The van der Waals surface area contributed by atoms with Crippen LogP contribution in [0.1, 0.15) is 65.7 Å². The number of nitrogens with zero attached hydrogens (tertiary/aromatic N) is 3. The third-order valence-electron chi connectivity index (χ3n) is 10.3. The average molecular weight is 671 g/mol. The van der Waals surface area contributed by atoms with E-state index in [1.807, 2.05) is 28.7 Å². The normalized spacial score (nSPS) is 24.6. The van der Waals surface area contributed by atoms with Gasteiger partial charge in [-0.25, -0.2) is 4.39 Å². The van der Waals surface area contributed by atoms with Gasteiger partial charge < -0.3 is 29.4 Å². The SMILES string of the molecule is COCC1CN([C@H]2C[C@@H](COC3CCC(C(=O)O)CC3)N(C(=O)Cc3cc(Cl)c(NC(=O)c4cn(C)c5c4C=CCC5)cc3F)C2)C1. The third-order valence-corrected chi connectivity index (χ3v) is 10.6. The molecule has 1 aromatic heterocycles. The molecular weight excluding hydrogens is 627 g/mol. The van der Waals surface area contributed by atoms with Crippen LogP contribution in [0.4, 0.5) is 10.1 Å². The summed E-state index contributed by atoms with van der Waals surface area (Å²) in [6, 6.07) is 2.61. The molecule has 47 heavy (non-hydrogen) atoms. The number of rotatable bonds is 11. The van der Waals surface area contributed by atoms with Gasteiger partial charge in [-0.1, -0.05) is 23.8 Å². The number of carboxylic acid groups (broad SMARTS) is 1. The van der Waals surface area contributed by atoms with E-state index in [0.717, 1.165) is 43.6 Å². The molecule has 6 rings (SSSR count). The average Bonchev–Trinajstić information content (AvgIpc) is 3.61. The number of fused-ring (bicyclic) bond motifs is 1. The molecule has 2 N–H and O–H groups in total. The molecule has 2 aliphatic carbocycles. The van der Waals surface area contributed by atoms with Crippen LogP contribution in [0, 0.1) is 17.7 Å². The van der Waals surface area contributed by atoms with Crippen LogP contribution < -0.4 is 5.32 Å². The van der Waals surface area contributed by atoms with E-state index in [4.69, 9.17) is 21.1 Å². The minimum atomic E-state index is -0.755. The number of carbonyl (C=O) groups is 3. The van der Waals surface area contributed by atoms with Crippen LogP contribution in [0.25, 0.3) is 6.08 Å². The van der Waals surface area contributed by atoms with Crippen molar-refractivity contribution < 1.29 is 33.4 Å². The van der Waals surface area contributed by atoms with Gasteiger partial charge in [0.1, 0.15) is 5.82 Å². The van der Waals surface area contributed by atoms with Gasteiger partial charge in [0.05, 0.1) is 54.0 Å². The van der Waals surface area contributed by atoms with Gasteiger partial charge in [0.25, 0.3) is 5.91 Å². The van der Waals surface area contributed by atoms with Crippen LogP contribution in [-0.4, -0.2) is 95.4 Å². The van der Waals surface area contributed by atoms with Crippen molar-refractivity contribution in [1.29, 1.82) is 0 Å². The van der Waals surface area contributed by atoms with Crippen molar-refractivity contribution in [2.24, 2.45) is 18.9 Å². The minimum Gasteiger partial charge on any atom is -0.481 e. The van der Waals surface area contributed by atoms with Gasteiger partial charge in [-0.05, 0) is 62.6 Å². The number of hydrogen-bond acceptors (Lipinski definition) is 6. The molecule has 0 unspecified atom stereocenters. The fourth-order valence-electron chi connectivity index (χ4n) is 7.65. The van der Waals surface area contributed by atoms with Crippen molar-refractivity contribution in [3.05, 3.63) is 57.6 Å². The maximum absolute atomic E-state index is 15.5. The third kappa shape index (κ3) is 7.43. The molecule has 0 bridgehead atoms. The summed E-state index contributed by atoms with van der Waals surface area (Å²) in [7, 11) is 3.61. The first kappa shape index (κ1) is 33.6. The maximum Gasteiger partial charge on any atom is 0.306 e. The van der Waals surface area contributed by atoms with E-state index in [1.54, 1.807) is 13.3 Å². The standard InChI is InChI=1S/C35H44ClFN4O6/c1-39-18-28(27-5-3-4-6-32(27)39)34(43)38-31-14-30(37)23(11-29(31)36)12-33(42)41-17-24(40-15-21(16-40)19-46-2)13-25(41)20-47-26-9-7-22(8-10-26)35(44)45/h3,5,11,14,18,21-22,24-26H,4,6-10,12-13,15-17,19-20H2,1-2H3,(H,38,43)(H,44,45)/t22?,24-,25-,26?/m0/s1. The first-order valence-electron chi connectivity index (χ1n) is 16.6. The highest BCUT2D eigenvalue weighted by molar-refractivity contribution is 6.34. The fourth-order valence-corrected chi connectivity index (χ4v) is 7.89. The van der Waals surface area contributed by atoms with Gasteiger partial charge >= 0.3 is 5.97 Å². The van der Waals surface area contributed by atoms with Gasteiger partial charge in [0.2, 0.25) is 5.91 Å². The van der Waals surface area contributed by atoms with E-state index >= 15 is 4.39 Å². The van der Waals surface area contributed by atoms with Gasteiger partial charge in [-0.3, -0.25) is 19.3 Å². The number of hydrogen-bond donors (Lipinski definition) is 2. The number of aromatic nitrogens is 1. The smallest absolute Gasteiger partial charge is 0.306 e. The fraction of sp³-hybridized carbons (Fsp3) is 0.571. The second-order valence-corrected chi connectivity index (χ2v) is 13.9. The molecular formula is C35H44ClFN4O6. The Morgan fingerprint density at radius 1 is 1.11 bits per heavy atom. The first-order valence-corrected chi connectivity index (χ1v) is 17.0. The predicted molar refractivity (Wildman–Crippen MR) is 176 cm³/mol. The summed E-state index contributed by atoms with van der Waals surface area (Å²) < 4.78 is 29.0. The van der Waals surface area contributed by atoms with E-state index in [2.05, 4.69) is 10.2 Å². The van der Waals surface area contributed by atoms with Crippen LogP contribution >= 0.6 is 11.6 Å². The van der Waals surface area contributed by atoms with Crippen LogP contribution in [0.3, 0.4) is 0 Å². The van der Waals surface area contributed by atoms with Gasteiger partial charge in [-0.2, -0.15) is 0 Å². The van der Waals surface area contributed by atoms with E-state index in [0.29, 0.717) is 56.9 Å². The molecule has 2 atom stereocenters. The summed E-state index contributed by atoms with van der Waals surface area (Å²) >= 11 is 6.55. The van der Waals surface area contributed by atoms with Gasteiger partial charge in [-0.15, -0.1) is 0 Å². The molecule has 3 heterocycles. The van der Waals surface area contributed by atoms with Crippen molar-refractivity contribution in [2.75, 3.05) is 45.3 Å². The second-order valence-electron chi connectivity index (χ2n) is 13.5. The number of nitrogens with one attached hydrogen (secondary N) is 1. The molecule has 254 valence electrons. The van der Waals surface area contributed by atoms with E-state index < -0.39 is 11.8 Å². The number of aliphatic carboxylic acids is 1. The summed E-state index contributed by atoms with van der Waals surface area (Å²) in [5, 5.41) is 12.2. The number of ether oxygens (including phenoxy) is 2. The molecule has 2 aliphatic heterocycles. The van der Waals surface area contributed by atoms with Crippen molar-refractivity contribution in [1.82, 2.24) is 14.4 Å².